The Bertz CT molecular complexity index is 558. The number of rotatable bonds is 4. The lowest BCUT2D eigenvalue weighted by Crippen LogP contribution is -2.26. The molecule has 0 radical (unpaired) electrons. The van der Waals surface area contributed by atoms with Crippen molar-refractivity contribution in [1.82, 2.24) is 14.9 Å². The number of hydrogen-bond donors (Lipinski definition) is 2. The van der Waals surface area contributed by atoms with Crippen molar-refractivity contribution in [1.29, 1.82) is 0 Å². The summed E-state index contributed by atoms with van der Waals surface area (Å²) in [4.78, 5) is 20.8. The van der Waals surface area contributed by atoms with Gasteiger partial charge in [0.05, 0.1) is 0 Å². The van der Waals surface area contributed by atoms with E-state index in [2.05, 4.69) is 14.9 Å². The molecule has 100 valence electrons. The highest BCUT2D eigenvalue weighted by atomic mass is 32.1. The van der Waals surface area contributed by atoms with E-state index in [0.29, 0.717) is 0 Å². The number of carboxylic acids is 1. The third-order valence-corrected chi connectivity index (χ3v) is 4.29. The van der Waals surface area contributed by atoms with Crippen LogP contribution in [0.2, 0.25) is 0 Å². The van der Waals surface area contributed by atoms with Crippen molar-refractivity contribution in [3.8, 4) is 0 Å². The van der Waals surface area contributed by atoms with Crippen LogP contribution in [0.1, 0.15) is 40.1 Å². The lowest BCUT2D eigenvalue weighted by atomic mass is 10.2. The maximum Gasteiger partial charge on any atom is 0.355 e. The molecule has 19 heavy (non-hydrogen) atoms. The summed E-state index contributed by atoms with van der Waals surface area (Å²) in [7, 11) is 0. The van der Waals surface area contributed by atoms with E-state index in [9.17, 15) is 4.79 Å². The molecule has 1 atom stereocenters. The fraction of sp³-hybridized carbons (Fsp3) is 0.385. The second kappa shape index (κ2) is 5.14. The van der Waals surface area contributed by atoms with Gasteiger partial charge in [-0.3, -0.25) is 4.90 Å². The molecule has 1 unspecified atom stereocenters. The Hall–Kier alpha value is -1.66. The van der Waals surface area contributed by atoms with E-state index < -0.39 is 5.97 Å². The quantitative estimate of drug-likeness (QED) is 0.900. The average molecular weight is 277 g/mol. The molecule has 3 rings (SSSR count). The standard InChI is InChI=1S/C13H15N3O2S/c17-13(18)10-8-19-12(15-10)11(9-4-3-5-14-9)16-6-1-2-7-16/h3-5,8,11,14H,1-2,6-7H2,(H,17,18). The molecular formula is C13H15N3O2S. The largest absolute Gasteiger partial charge is 0.476 e. The van der Waals surface area contributed by atoms with E-state index in [-0.39, 0.29) is 11.7 Å². The van der Waals surface area contributed by atoms with E-state index in [0.717, 1.165) is 23.8 Å². The summed E-state index contributed by atoms with van der Waals surface area (Å²) in [6, 6.07) is 4.05. The molecule has 0 aromatic carbocycles. The van der Waals surface area contributed by atoms with Gasteiger partial charge in [-0.2, -0.15) is 0 Å². The zero-order chi connectivity index (χ0) is 13.2. The Morgan fingerprint density at radius 3 is 2.84 bits per heavy atom. The van der Waals surface area contributed by atoms with Crippen LogP contribution in [-0.2, 0) is 0 Å². The summed E-state index contributed by atoms with van der Waals surface area (Å²) in [6.07, 6.45) is 4.27. The number of aromatic carboxylic acids is 1. The first-order valence-corrected chi connectivity index (χ1v) is 7.20. The van der Waals surface area contributed by atoms with Crippen LogP contribution in [0.5, 0.6) is 0 Å². The lowest BCUT2D eigenvalue weighted by Gasteiger charge is -2.24. The summed E-state index contributed by atoms with van der Waals surface area (Å²) < 4.78 is 0. The minimum Gasteiger partial charge on any atom is -0.476 e. The molecule has 3 heterocycles. The third kappa shape index (κ3) is 2.41. The Kier molecular flexibility index (Phi) is 3.35. The Morgan fingerprint density at radius 2 is 2.26 bits per heavy atom. The Labute approximate surface area is 114 Å². The smallest absolute Gasteiger partial charge is 0.355 e. The third-order valence-electron chi connectivity index (χ3n) is 3.40. The number of likely N-dealkylation sites (tertiary alicyclic amines) is 1. The van der Waals surface area contributed by atoms with E-state index in [1.807, 2.05) is 18.3 Å². The van der Waals surface area contributed by atoms with Gasteiger partial charge < -0.3 is 10.1 Å². The van der Waals surface area contributed by atoms with E-state index in [1.54, 1.807) is 5.38 Å². The zero-order valence-electron chi connectivity index (χ0n) is 10.4. The van der Waals surface area contributed by atoms with E-state index in [4.69, 9.17) is 5.11 Å². The highest BCUT2D eigenvalue weighted by Crippen LogP contribution is 2.32. The zero-order valence-corrected chi connectivity index (χ0v) is 11.2. The molecule has 0 bridgehead atoms. The van der Waals surface area contributed by atoms with Crippen LogP contribution in [0.25, 0.3) is 0 Å². The van der Waals surface area contributed by atoms with E-state index >= 15 is 0 Å². The molecule has 2 aromatic rings. The fourth-order valence-corrected chi connectivity index (χ4v) is 3.45. The van der Waals surface area contributed by atoms with Gasteiger partial charge in [-0.05, 0) is 38.1 Å². The monoisotopic (exact) mass is 277 g/mol. The molecule has 0 spiro atoms. The highest BCUT2D eigenvalue weighted by Gasteiger charge is 2.28. The van der Waals surface area contributed by atoms with Crippen molar-refractivity contribution < 1.29 is 9.90 Å². The SMILES string of the molecule is O=C(O)c1csc(C(c2ccc[nH]2)N2CCCC2)n1. The molecule has 0 aliphatic carbocycles. The Balaban J connectivity index is 1.95. The molecule has 5 nitrogen and oxygen atoms in total. The first kappa shape index (κ1) is 12.4. The van der Waals surface area contributed by atoms with Crippen LogP contribution in [0.3, 0.4) is 0 Å². The van der Waals surface area contributed by atoms with Gasteiger partial charge in [-0.15, -0.1) is 11.3 Å². The first-order chi connectivity index (χ1) is 9.25. The van der Waals surface area contributed by atoms with Crippen molar-refractivity contribution >= 4 is 17.3 Å². The highest BCUT2D eigenvalue weighted by molar-refractivity contribution is 7.09. The molecule has 2 N–H and O–H groups in total. The van der Waals surface area contributed by atoms with Crippen molar-refractivity contribution in [2.24, 2.45) is 0 Å². The van der Waals surface area contributed by atoms with Gasteiger partial charge in [-0.1, -0.05) is 0 Å². The van der Waals surface area contributed by atoms with Crippen molar-refractivity contribution in [2.45, 2.75) is 18.9 Å². The summed E-state index contributed by atoms with van der Waals surface area (Å²) in [5.74, 6) is -0.964. The number of carboxylic acid groups (broad SMARTS) is 1. The van der Waals surface area contributed by atoms with Crippen LogP contribution in [0.15, 0.2) is 23.7 Å². The van der Waals surface area contributed by atoms with Gasteiger partial charge in [0, 0.05) is 17.3 Å². The topological polar surface area (TPSA) is 69.2 Å². The number of H-pyrrole nitrogens is 1. The molecule has 0 amide bonds. The molecule has 6 heteroatoms. The van der Waals surface area contributed by atoms with E-state index in [1.165, 1.54) is 24.2 Å². The minimum absolute atomic E-state index is 0.0515. The molecule has 2 aromatic heterocycles. The van der Waals surface area contributed by atoms with Crippen molar-refractivity contribution in [3.63, 3.8) is 0 Å². The number of thiazole rings is 1. The van der Waals surface area contributed by atoms with Gasteiger partial charge in [0.15, 0.2) is 5.69 Å². The molecule has 0 saturated carbocycles. The van der Waals surface area contributed by atoms with Gasteiger partial charge >= 0.3 is 5.97 Å². The summed E-state index contributed by atoms with van der Waals surface area (Å²) in [5.41, 5.74) is 1.21. The summed E-state index contributed by atoms with van der Waals surface area (Å²) in [5, 5.41) is 11.5. The van der Waals surface area contributed by atoms with Crippen LogP contribution < -0.4 is 0 Å². The second-order valence-electron chi connectivity index (χ2n) is 4.65. The maximum absolute atomic E-state index is 11.0. The van der Waals surface area contributed by atoms with Gasteiger partial charge in [0.2, 0.25) is 0 Å². The van der Waals surface area contributed by atoms with Crippen molar-refractivity contribution in [2.75, 3.05) is 13.1 Å². The predicted molar refractivity (Wildman–Crippen MR) is 72.5 cm³/mol. The molecule has 1 aliphatic heterocycles. The van der Waals surface area contributed by atoms with Crippen LogP contribution in [-0.4, -0.2) is 39.0 Å². The summed E-state index contributed by atoms with van der Waals surface area (Å²) >= 11 is 1.42. The molecule has 1 fully saturated rings. The van der Waals surface area contributed by atoms with Crippen LogP contribution in [0.4, 0.5) is 0 Å². The number of nitrogens with zero attached hydrogens (tertiary/aromatic N) is 2. The lowest BCUT2D eigenvalue weighted by molar-refractivity contribution is 0.0691. The van der Waals surface area contributed by atoms with Crippen LogP contribution in [0, 0.1) is 0 Å². The van der Waals surface area contributed by atoms with Gasteiger partial charge in [0.1, 0.15) is 11.0 Å². The Morgan fingerprint density at radius 1 is 1.47 bits per heavy atom. The fourth-order valence-electron chi connectivity index (χ4n) is 2.51. The molecule has 1 aliphatic rings. The van der Waals surface area contributed by atoms with Crippen LogP contribution >= 0.6 is 11.3 Å². The number of aromatic nitrogens is 2. The molecule has 1 saturated heterocycles. The minimum atomic E-state index is -0.964. The average Bonchev–Trinajstić information content (AvgIpc) is 3.12. The van der Waals surface area contributed by atoms with Gasteiger partial charge in [0.25, 0.3) is 0 Å². The second-order valence-corrected chi connectivity index (χ2v) is 5.54. The number of aromatic amines is 1. The maximum atomic E-state index is 11.0. The summed E-state index contributed by atoms with van der Waals surface area (Å²) in [6.45, 7) is 2.07. The normalized spacial score (nSPS) is 17.7. The first-order valence-electron chi connectivity index (χ1n) is 6.32. The number of nitrogens with one attached hydrogen (secondary N) is 1. The molecular weight excluding hydrogens is 262 g/mol. The number of carbonyl (C=O) groups is 1. The number of hydrogen-bond acceptors (Lipinski definition) is 4. The predicted octanol–water partition coefficient (Wildman–Crippen LogP) is 2.35. The van der Waals surface area contributed by atoms with Gasteiger partial charge in [-0.25, -0.2) is 9.78 Å². The van der Waals surface area contributed by atoms with Crippen molar-refractivity contribution in [3.05, 3.63) is 40.1 Å².